The van der Waals surface area contributed by atoms with E-state index in [2.05, 4.69) is 10.3 Å². The average molecular weight is 418 g/mol. The Balaban J connectivity index is 1.99. The third-order valence-corrected chi connectivity index (χ3v) is 7.42. The van der Waals surface area contributed by atoms with Crippen LogP contribution in [0.15, 0.2) is 30.6 Å². The summed E-state index contributed by atoms with van der Waals surface area (Å²) in [5.74, 6) is 0.309. The molecule has 6 nitrogen and oxygen atoms in total. The predicted octanol–water partition coefficient (Wildman–Crippen LogP) is 5.64. The minimum atomic E-state index is -3.53. The van der Waals surface area contributed by atoms with Gasteiger partial charge in [0.05, 0.1) is 5.69 Å². The molecular weight excluding hydrogens is 387 g/mol. The molecule has 0 spiro atoms. The number of nitrogens with one attached hydrogen (secondary N) is 1. The van der Waals surface area contributed by atoms with E-state index in [1.165, 1.54) is 7.11 Å². The molecule has 2 aromatic rings. The summed E-state index contributed by atoms with van der Waals surface area (Å²) in [4.78, 5) is 4.07. The van der Waals surface area contributed by atoms with Gasteiger partial charge in [0.1, 0.15) is 17.3 Å². The Morgan fingerprint density at radius 3 is 2.52 bits per heavy atom. The molecule has 29 heavy (non-hydrogen) atoms. The van der Waals surface area contributed by atoms with E-state index in [1.54, 1.807) is 25.4 Å². The highest BCUT2D eigenvalue weighted by Gasteiger charge is 2.36. The van der Waals surface area contributed by atoms with Gasteiger partial charge >= 0.3 is 7.60 Å². The third kappa shape index (κ3) is 4.59. The van der Waals surface area contributed by atoms with Crippen molar-refractivity contribution in [2.45, 2.75) is 64.6 Å². The molecule has 2 atom stereocenters. The molecule has 0 fully saturated rings. The van der Waals surface area contributed by atoms with Gasteiger partial charge in [0.15, 0.2) is 0 Å². The standard InChI is InChI=1S/C22H31N2O4P/c1-15(24-16-9-8-12-23-14-16)29(26,27-5)28-20-13-19(22(2,3)4)21(25)18-11-7-6-10-17(18)20/h8-9,12-15,24-25H,6-7,10-11H2,1-5H3. The number of phenols is 1. The number of anilines is 1. The number of aromatic hydroxyl groups is 1. The molecule has 1 aliphatic carbocycles. The monoisotopic (exact) mass is 418 g/mol. The molecule has 3 rings (SSSR count). The summed E-state index contributed by atoms with van der Waals surface area (Å²) >= 11 is 0. The number of aromatic nitrogens is 1. The Labute approximate surface area is 173 Å². The maximum Gasteiger partial charge on any atom is 0.400 e. The van der Waals surface area contributed by atoms with Crippen molar-refractivity contribution in [3.8, 4) is 11.5 Å². The molecule has 1 aromatic carbocycles. The third-order valence-electron chi connectivity index (χ3n) is 5.38. The number of fused-ring (bicyclic) bond motifs is 1. The van der Waals surface area contributed by atoms with E-state index in [1.807, 2.05) is 32.9 Å². The highest BCUT2D eigenvalue weighted by atomic mass is 31.2. The van der Waals surface area contributed by atoms with Gasteiger partial charge < -0.3 is 19.5 Å². The molecule has 2 N–H and O–H groups in total. The van der Waals surface area contributed by atoms with Gasteiger partial charge in [0.2, 0.25) is 0 Å². The zero-order valence-corrected chi connectivity index (χ0v) is 18.8. The quantitative estimate of drug-likeness (QED) is 0.591. The summed E-state index contributed by atoms with van der Waals surface area (Å²) in [6.45, 7) is 7.91. The summed E-state index contributed by atoms with van der Waals surface area (Å²) in [6, 6.07) is 5.49. The van der Waals surface area contributed by atoms with Crippen molar-refractivity contribution in [1.29, 1.82) is 0 Å². The largest absolute Gasteiger partial charge is 0.507 e. The molecule has 1 aromatic heterocycles. The van der Waals surface area contributed by atoms with Crippen LogP contribution < -0.4 is 9.84 Å². The Morgan fingerprint density at radius 2 is 1.93 bits per heavy atom. The molecule has 0 saturated heterocycles. The first-order valence-corrected chi connectivity index (χ1v) is 11.7. The minimum absolute atomic E-state index is 0.273. The lowest BCUT2D eigenvalue weighted by Crippen LogP contribution is -2.21. The van der Waals surface area contributed by atoms with Crippen LogP contribution in [0.3, 0.4) is 0 Å². The second-order valence-electron chi connectivity index (χ2n) is 8.56. The van der Waals surface area contributed by atoms with Gasteiger partial charge in [-0.05, 0) is 56.2 Å². The van der Waals surface area contributed by atoms with Crippen LogP contribution in [0.4, 0.5) is 5.69 Å². The van der Waals surface area contributed by atoms with Crippen molar-refractivity contribution in [2.24, 2.45) is 0 Å². The molecule has 0 aliphatic heterocycles. The van der Waals surface area contributed by atoms with E-state index in [0.29, 0.717) is 11.5 Å². The fourth-order valence-corrected chi connectivity index (χ4v) is 5.01. The van der Waals surface area contributed by atoms with E-state index in [-0.39, 0.29) is 5.41 Å². The summed E-state index contributed by atoms with van der Waals surface area (Å²) in [5, 5.41) is 14.0. The first kappa shape index (κ1) is 21.7. The van der Waals surface area contributed by atoms with Gasteiger partial charge in [0.25, 0.3) is 0 Å². The number of hydrogen-bond acceptors (Lipinski definition) is 6. The Bertz CT molecular complexity index is 909. The Hall–Kier alpha value is -2.04. The van der Waals surface area contributed by atoms with Gasteiger partial charge in [0, 0.05) is 36.2 Å². The molecule has 1 heterocycles. The van der Waals surface area contributed by atoms with Crippen LogP contribution in [0.25, 0.3) is 0 Å². The smallest absolute Gasteiger partial charge is 0.400 e. The van der Waals surface area contributed by atoms with E-state index < -0.39 is 13.4 Å². The fourth-order valence-electron chi connectivity index (χ4n) is 3.72. The minimum Gasteiger partial charge on any atom is -0.507 e. The first-order chi connectivity index (χ1) is 13.7. The maximum absolute atomic E-state index is 13.6. The van der Waals surface area contributed by atoms with Crippen molar-refractivity contribution < 1.29 is 18.7 Å². The normalized spacial score (nSPS) is 17.1. The highest BCUT2D eigenvalue weighted by Crippen LogP contribution is 2.55. The average Bonchev–Trinajstić information content (AvgIpc) is 2.70. The lowest BCUT2D eigenvalue weighted by Gasteiger charge is -2.30. The van der Waals surface area contributed by atoms with Crippen molar-refractivity contribution >= 4 is 13.3 Å². The van der Waals surface area contributed by atoms with E-state index in [0.717, 1.165) is 48.1 Å². The molecular formula is C22H31N2O4P. The van der Waals surface area contributed by atoms with Gasteiger partial charge in [-0.15, -0.1) is 0 Å². The fraction of sp³-hybridized carbons (Fsp3) is 0.500. The summed E-state index contributed by atoms with van der Waals surface area (Å²) in [7, 11) is -2.13. The number of pyridine rings is 1. The van der Waals surface area contributed by atoms with Crippen molar-refractivity contribution in [3.05, 3.63) is 47.3 Å². The van der Waals surface area contributed by atoms with Crippen molar-refractivity contribution in [1.82, 2.24) is 4.98 Å². The van der Waals surface area contributed by atoms with E-state index in [9.17, 15) is 9.67 Å². The molecule has 7 heteroatoms. The molecule has 0 radical (unpaired) electrons. The van der Waals surface area contributed by atoms with Gasteiger partial charge in [-0.3, -0.25) is 4.98 Å². The van der Waals surface area contributed by atoms with Gasteiger partial charge in [-0.2, -0.15) is 0 Å². The Morgan fingerprint density at radius 1 is 1.24 bits per heavy atom. The summed E-state index contributed by atoms with van der Waals surface area (Å²) in [5.41, 5.74) is 3.11. The lowest BCUT2D eigenvalue weighted by atomic mass is 9.80. The van der Waals surface area contributed by atoms with Crippen LogP contribution in [0, 0.1) is 0 Å². The van der Waals surface area contributed by atoms with Crippen LogP contribution in [0.1, 0.15) is 57.2 Å². The van der Waals surface area contributed by atoms with Crippen LogP contribution in [-0.2, 0) is 27.3 Å². The Kier molecular flexibility index (Phi) is 6.25. The van der Waals surface area contributed by atoms with Crippen LogP contribution in [-0.4, -0.2) is 23.0 Å². The number of benzene rings is 1. The van der Waals surface area contributed by atoms with Gasteiger partial charge in [-0.1, -0.05) is 20.8 Å². The number of nitrogens with zero attached hydrogens (tertiary/aromatic N) is 1. The molecule has 0 saturated carbocycles. The summed E-state index contributed by atoms with van der Waals surface area (Å²) < 4.78 is 25.1. The maximum atomic E-state index is 13.6. The van der Waals surface area contributed by atoms with Crippen LogP contribution in [0.5, 0.6) is 11.5 Å². The van der Waals surface area contributed by atoms with E-state index >= 15 is 0 Å². The van der Waals surface area contributed by atoms with Crippen molar-refractivity contribution in [2.75, 3.05) is 12.4 Å². The van der Waals surface area contributed by atoms with Crippen LogP contribution >= 0.6 is 7.60 Å². The molecule has 158 valence electrons. The van der Waals surface area contributed by atoms with Crippen LogP contribution in [0.2, 0.25) is 0 Å². The number of phenolic OH excluding ortho intramolecular Hbond substituents is 1. The zero-order valence-electron chi connectivity index (χ0n) is 17.9. The zero-order chi connectivity index (χ0) is 21.2. The second kappa shape index (κ2) is 8.37. The lowest BCUT2D eigenvalue weighted by molar-refractivity contribution is 0.313. The first-order valence-electron chi connectivity index (χ1n) is 10.1. The number of hydrogen-bond donors (Lipinski definition) is 2. The second-order valence-corrected chi connectivity index (χ2v) is 11.0. The predicted molar refractivity (Wildman–Crippen MR) is 116 cm³/mol. The topological polar surface area (TPSA) is 80.7 Å². The molecule has 1 aliphatic rings. The van der Waals surface area contributed by atoms with Gasteiger partial charge in [-0.25, -0.2) is 4.57 Å². The molecule has 0 amide bonds. The molecule has 2 unspecified atom stereocenters. The van der Waals surface area contributed by atoms with E-state index in [4.69, 9.17) is 9.05 Å². The SMILES string of the molecule is COP(=O)(Oc1cc(C(C)(C)C)c(O)c2c1CCCC2)C(C)Nc1cccnc1. The number of rotatable bonds is 6. The van der Waals surface area contributed by atoms with Crippen molar-refractivity contribution in [3.63, 3.8) is 0 Å². The molecule has 0 bridgehead atoms. The highest BCUT2D eigenvalue weighted by molar-refractivity contribution is 7.55. The summed E-state index contributed by atoms with van der Waals surface area (Å²) in [6.07, 6.45) is 6.96.